The van der Waals surface area contributed by atoms with Crippen molar-refractivity contribution in [3.05, 3.63) is 35.4 Å². The van der Waals surface area contributed by atoms with Crippen molar-refractivity contribution in [3.63, 3.8) is 0 Å². The molecule has 152 valence electrons. The van der Waals surface area contributed by atoms with Gasteiger partial charge in [-0.25, -0.2) is 0 Å². The fourth-order valence-electron chi connectivity index (χ4n) is 3.22. The number of rotatable bonds is 9. The van der Waals surface area contributed by atoms with Gasteiger partial charge >= 0.3 is 0 Å². The molecule has 5 nitrogen and oxygen atoms in total. The molecule has 2 rings (SSSR count). The summed E-state index contributed by atoms with van der Waals surface area (Å²) in [4.78, 5) is 6.91. The van der Waals surface area contributed by atoms with E-state index in [0.717, 1.165) is 31.4 Å². The van der Waals surface area contributed by atoms with Gasteiger partial charge in [-0.15, -0.1) is 0 Å². The Morgan fingerprint density at radius 3 is 2.44 bits per heavy atom. The van der Waals surface area contributed by atoms with Crippen molar-refractivity contribution in [2.75, 3.05) is 33.2 Å². The van der Waals surface area contributed by atoms with E-state index in [-0.39, 0.29) is 6.10 Å². The quantitative estimate of drug-likeness (QED) is 0.395. The van der Waals surface area contributed by atoms with Gasteiger partial charge in [-0.2, -0.15) is 0 Å². The largest absolute Gasteiger partial charge is 0.374 e. The lowest BCUT2D eigenvalue weighted by atomic mass is 9.99. The van der Waals surface area contributed by atoms with Crippen LogP contribution < -0.4 is 10.6 Å². The number of aliphatic imine (C=N–C) groups is 1. The summed E-state index contributed by atoms with van der Waals surface area (Å²) in [6, 6.07) is 8.57. The van der Waals surface area contributed by atoms with E-state index in [1.807, 2.05) is 7.05 Å². The van der Waals surface area contributed by atoms with E-state index in [1.165, 1.54) is 43.6 Å². The molecule has 1 aliphatic rings. The molecule has 0 aromatic heterocycles. The predicted octanol–water partition coefficient (Wildman–Crippen LogP) is 3.40. The molecule has 5 heteroatoms. The van der Waals surface area contributed by atoms with Crippen LogP contribution in [0.3, 0.4) is 0 Å². The van der Waals surface area contributed by atoms with Crippen molar-refractivity contribution in [3.8, 4) is 0 Å². The fourth-order valence-corrected chi connectivity index (χ4v) is 3.22. The highest BCUT2D eigenvalue weighted by molar-refractivity contribution is 5.79. The van der Waals surface area contributed by atoms with Crippen molar-refractivity contribution in [1.82, 2.24) is 15.5 Å². The van der Waals surface area contributed by atoms with Crippen LogP contribution in [0.4, 0.5) is 0 Å². The van der Waals surface area contributed by atoms with Gasteiger partial charge < -0.3 is 20.3 Å². The number of benzene rings is 1. The molecule has 0 saturated carbocycles. The van der Waals surface area contributed by atoms with Crippen LogP contribution >= 0.6 is 0 Å². The van der Waals surface area contributed by atoms with Crippen molar-refractivity contribution in [2.45, 2.75) is 59.3 Å². The molecular formula is C22H38N4O. The van der Waals surface area contributed by atoms with Crippen LogP contribution in [0, 0.1) is 5.92 Å². The molecule has 0 amide bonds. The zero-order valence-electron chi connectivity index (χ0n) is 17.6. The van der Waals surface area contributed by atoms with E-state index in [1.54, 1.807) is 0 Å². The summed E-state index contributed by atoms with van der Waals surface area (Å²) in [5, 5.41) is 6.82. The molecule has 0 radical (unpaired) electrons. The number of piperidine rings is 1. The van der Waals surface area contributed by atoms with Gasteiger partial charge in [0.05, 0.1) is 12.7 Å². The smallest absolute Gasteiger partial charge is 0.191 e. The first kappa shape index (κ1) is 21.7. The maximum atomic E-state index is 5.64. The summed E-state index contributed by atoms with van der Waals surface area (Å²) in [7, 11) is 1.83. The number of ether oxygens (including phenoxy) is 1. The molecule has 1 fully saturated rings. The van der Waals surface area contributed by atoms with Crippen LogP contribution in [0.5, 0.6) is 0 Å². The molecule has 0 atom stereocenters. The minimum atomic E-state index is 0.263. The number of nitrogens with zero attached hydrogens (tertiary/aromatic N) is 2. The van der Waals surface area contributed by atoms with Crippen LogP contribution in [-0.2, 0) is 17.9 Å². The lowest BCUT2D eigenvalue weighted by Gasteiger charge is -2.30. The Hall–Kier alpha value is -1.59. The van der Waals surface area contributed by atoms with Gasteiger partial charge in [0.1, 0.15) is 0 Å². The molecule has 1 aromatic carbocycles. The molecule has 1 heterocycles. The molecule has 0 bridgehead atoms. The molecule has 27 heavy (non-hydrogen) atoms. The first-order valence-corrected chi connectivity index (χ1v) is 10.4. The van der Waals surface area contributed by atoms with E-state index in [2.05, 4.69) is 65.6 Å². The van der Waals surface area contributed by atoms with E-state index < -0.39 is 0 Å². The topological polar surface area (TPSA) is 48.9 Å². The van der Waals surface area contributed by atoms with E-state index in [9.17, 15) is 0 Å². The highest BCUT2D eigenvalue weighted by atomic mass is 16.5. The lowest BCUT2D eigenvalue weighted by molar-refractivity contribution is 0.0657. The molecule has 0 spiro atoms. The molecule has 2 N–H and O–H groups in total. The normalized spacial score (nSPS) is 16.7. The maximum Gasteiger partial charge on any atom is 0.191 e. The Balaban J connectivity index is 1.62. The van der Waals surface area contributed by atoms with Gasteiger partial charge in [0.15, 0.2) is 5.96 Å². The summed E-state index contributed by atoms with van der Waals surface area (Å²) in [6.07, 6.45) is 4.11. The summed E-state index contributed by atoms with van der Waals surface area (Å²) < 4.78 is 5.64. The van der Waals surface area contributed by atoms with Crippen LogP contribution in [0.15, 0.2) is 29.3 Å². The van der Waals surface area contributed by atoms with Crippen LogP contribution in [0.25, 0.3) is 0 Å². The fraction of sp³-hybridized carbons (Fsp3) is 0.682. The average Bonchev–Trinajstić information content (AvgIpc) is 2.68. The Bertz CT molecular complexity index is 548. The van der Waals surface area contributed by atoms with Gasteiger partial charge in [0, 0.05) is 20.1 Å². The van der Waals surface area contributed by atoms with Crippen molar-refractivity contribution in [1.29, 1.82) is 0 Å². The summed E-state index contributed by atoms with van der Waals surface area (Å²) in [5.74, 6) is 1.77. The Labute approximate surface area is 165 Å². The lowest BCUT2D eigenvalue weighted by Crippen LogP contribution is -2.39. The standard InChI is InChI=1S/C22H38N4O/c1-18(2)27-17-21-8-6-20(7-9-21)16-25-22(23-4)24-12-5-13-26-14-10-19(3)11-15-26/h6-9,18-19H,5,10-17H2,1-4H3,(H2,23,24,25). The monoisotopic (exact) mass is 374 g/mol. The van der Waals surface area contributed by atoms with E-state index >= 15 is 0 Å². The molecule has 0 aliphatic carbocycles. The Morgan fingerprint density at radius 2 is 1.81 bits per heavy atom. The number of nitrogens with one attached hydrogen (secondary N) is 2. The van der Waals surface area contributed by atoms with Crippen LogP contribution in [0.1, 0.15) is 51.2 Å². The second kappa shape index (κ2) is 12.0. The van der Waals surface area contributed by atoms with Gasteiger partial charge in [-0.1, -0.05) is 31.2 Å². The zero-order valence-corrected chi connectivity index (χ0v) is 17.6. The van der Waals surface area contributed by atoms with Crippen LogP contribution in [0.2, 0.25) is 0 Å². The van der Waals surface area contributed by atoms with E-state index in [4.69, 9.17) is 4.74 Å². The van der Waals surface area contributed by atoms with Gasteiger partial charge in [0.2, 0.25) is 0 Å². The van der Waals surface area contributed by atoms with Crippen molar-refractivity contribution >= 4 is 5.96 Å². The summed E-state index contributed by atoms with van der Waals surface area (Å²) in [6.45, 7) is 12.6. The van der Waals surface area contributed by atoms with Crippen LogP contribution in [-0.4, -0.2) is 50.2 Å². The molecule has 1 saturated heterocycles. The number of guanidine groups is 1. The second-order valence-electron chi connectivity index (χ2n) is 7.91. The third-order valence-corrected chi connectivity index (χ3v) is 5.11. The third-order valence-electron chi connectivity index (χ3n) is 5.11. The van der Waals surface area contributed by atoms with E-state index in [0.29, 0.717) is 6.61 Å². The van der Waals surface area contributed by atoms with Gasteiger partial charge in [-0.3, -0.25) is 4.99 Å². The number of hydrogen-bond donors (Lipinski definition) is 2. The van der Waals surface area contributed by atoms with Crippen molar-refractivity contribution in [2.24, 2.45) is 10.9 Å². The minimum Gasteiger partial charge on any atom is -0.374 e. The number of hydrogen-bond acceptors (Lipinski definition) is 3. The SMILES string of the molecule is CN=C(NCCCN1CCC(C)CC1)NCc1ccc(COC(C)C)cc1. The zero-order chi connectivity index (χ0) is 19.5. The second-order valence-corrected chi connectivity index (χ2v) is 7.91. The first-order valence-electron chi connectivity index (χ1n) is 10.4. The van der Waals surface area contributed by atoms with Crippen molar-refractivity contribution < 1.29 is 4.74 Å². The Kier molecular flexibility index (Phi) is 9.64. The molecule has 1 aliphatic heterocycles. The average molecular weight is 375 g/mol. The van der Waals surface area contributed by atoms with Gasteiger partial charge in [-0.05, 0) is 69.8 Å². The maximum absolute atomic E-state index is 5.64. The minimum absolute atomic E-state index is 0.263. The number of likely N-dealkylation sites (tertiary alicyclic amines) is 1. The Morgan fingerprint density at radius 1 is 1.15 bits per heavy atom. The summed E-state index contributed by atoms with van der Waals surface area (Å²) in [5.41, 5.74) is 2.45. The predicted molar refractivity (Wildman–Crippen MR) is 114 cm³/mol. The van der Waals surface area contributed by atoms with Gasteiger partial charge in [0.25, 0.3) is 0 Å². The molecular weight excluding hydrogens is 336 g/mol. The molecule has 0 unspecified atom stereocenters. The first-order chi connectivity index (χ1) is 13.1. The summed E-state index contributed by atoms with van der Waals surface area (Å²) >= 11 is 0. The molecule has 1 aromatic rings. The highest BCUT2D eigenvalue weighted by Gasteiger charge is 2.14. The third kappa shape index (κ3) is 8.76. The highest BCUT2D eigenvalue weighted by Crippen LogP contribution is 2.15.